The summed E-state index contributed by atoms with van der Waals surface area (Å²) >= 11 is 6.02. The molecule has 0 aliphatic rings. The Morgan fingerprint density at radius 1 is 0.968 bits per heavy atom. The van der Waals surface area contributed by atoms with E-state index in [1.165, 1.54) is 18.4 Å². The van der Waals surface area contributed by atoms with Gasteiger partial charge in [-0.05, 0) is 43.3 Å². The summed E-state index contributed by atoms with van der Waals surface area (Å²) in [6.07, 6.45) is 1.24. The molecule has 0 saturated heterocycles. The van der Waals surface area contributed by atoms with Crippen molar-refractivity contribution in [1.82, 2.24) is 0 Å². The zero-order valence-electron chi connectivity index (χ0n) is 16.6. The minimum absolute atomic E-state index is 0.0338. The SMILES string of the molecule is CCOc1ccccc1Oc1coc2cc(OCc3c(F)cccc3Cl)ccc2c1=O. The van der Waals surface area contributed by atoms with Crippen molar-refractivity contribution in [2.24, 2.45) is 0 Å². The minimum atomic E-state index is -0.450. The highest BCUT2D eigenvalue weighted by atomic mass is 35.5. The van der Waals surface area contributed by atoms with Gasteiger partial charge in [-0.1, -0.05) is 29.8 Å². The number of hydrogen-bond acceptors (Lipinski definition) is 5. The molecule has 1 aromatic heterocycles. The average Bonchev–Trinajstić information content (AvgIpc) is 2.77. The van der Waals surface area contributed by atoms with Gasteiger partial charge < -0.3 is 18.6 Å². The fourth-order valence-electron chi connectivity index (χ4n) is 3.00. The number of ether oxygens (including phenoxy) is 3. The molecule has 0 radical (unpaired) electrons. The van der Waals surface area contributed by atoms with Crippen LogP contribution >= 0.6 is 11.6 Å². The smallest absolute Gasteiger partial charge is 0.235 e. The van der Waals surface area contributed by atoms with Gasteiger partial charge in [0.25, 0.3) is 0 Å². The van der Waals surface area contributed by atoms with Crippen LogP contribution in [0.1, 0.15) is 12.5 Å². The topological polar surface area (TPSA) is 57.9 Å². The van der Waals surface area contributed by atoms with Gasteiger partial charge in [0.1, 0.15) is 30.0 Å². The average molecular weight is 441 g/mol. The third-order valence-electron chi connectivity index (χ3n) is 4.53. The molecule has 0 unspecified atom stereocenters. The van der Waals surface area contributed by atoms with E-state index in [2.05, 4.69) is 0 Å². The summed E-state index contributed by atoms with van der Waals surface area (Å²) in [4.78, 5) is 12.8. The first-order valence-corrected chi connectivity index (χ1v) is 9.95. The molecule has 0 aliphatic heterocycles. The van der Waals surface area contributed by atoms with Gasteiger partial charge in [0, 0.05) is 11.6 Å². The molecule has 1 heterocycles. The van der Waals surface area contributed by atoms with Crippen molar-refractivity contribution < 1.29 is 23.0 Å². The van der Waals surface area contributed by atoms with E-state index in [-0.39, 0.29) is 28.4 Å². The van der Waals surface area contributed by atoms with Crippen LogP contribution in [-0.4, -0.2) is 6.61 Å². The molecular weight excluding hydrogens is 423 g/mol. The van der Waals surface area contributed by atoms with Crippen molar-refractivity contribution >= 4 is 22.6 Å². The maximum atomic E-state index is 13.9. The molecule has 0 bridgehead atoms. The van der Waals surface area contributed by atoms with E-state index in [0.717, 1.165) is 0 Å². The second kappa shape index (κ2) is 9.10. The molecule has 7 heteroatoms. The Morgan fingerprint density at radius 3 is 2.55 bits per heavy atom. The molecule has 0 atom stereocenters. The van der Waals surface area contributed by atoms with E-state index >= 15 is 0 Å². The van der Waals surface area contributed by atoms with Crippen LogP contribution in [0.3, 0.4) is 0 Å². The minimum Gasteiger partial charge on any atom is -0.490 e. The lowest BCUT2D eigenvalue weighted by molar-refractivity contribution is 0.300. The van der Waals surface area contributed by atoms with Crippen LogP contribution in [0, 0.1) is 5.82 Å². The molecule has 0 fully saturated rings. The number of hydrogen-bond donors (Lipinski definition) is 0. The summed E-state index contributed by atoms with van der Waals surface area (Å²) in [6, 6.07) is 16.2. The van der Waals surface area contributed by atoms with E-state index in [4.69, 9.17) is 30.2 Å². The highest BCUT2D eigenvalue weighted by Gasteiger charge is 2.13. The summed E-state index contributed by atoms with van der Waals surface area (Å²) in [6.45, 7) is 2.27. The first kappa shape index (κ1) is 20.8. The van der Waals surface area contributed by atoms with Gasteiger partial charge in [-0.15, -0.1) is 0 Å². The fraction of sp³-hybridized carbons (Fsp3) is 0.125. The standard InChI is InChI=1S/C24H18ClFO5/c1-2-28-20-8-3-4-9-21(20)31-23-14-30-22-12-15(10-11-16(22)24(23)27)29-13-17-18(25)6-5-7-19(17)26/h3-12,14H,2,13H2,1H3. The van der Waals surface area contributed by atoms with Crippen LogP contribution in [0.2, 0.25) is 5.02 Å². The quantitative estimate of drug-likeness (QED) is 0.335. The summed E-state index contributed by atoms with van der Waals surface area (Å²) < 4.78 is 36.4. The molecule has 158 valence electrons. The lowest BCUT2D eigenvalue weighted by atomic mass is 10.2. The van der Waals surface area contributed by atoms with Gasteiger partial charge in [0.15, 0.2) is 11.5 Å². The van der Waals surface area contributed by atoms with E-state index in [9.17, 15) is 9.18 Å². The fourth-order valence-corrected chi connectivity index (χ4v) is 3.22. The van der Waals surface area contributed by atoms with Gasteiger partial charge in [-0.2, -0.15) is 0 Å². The maximum Gasteiger partial charge on any atom is 0.235 e. The van der Waals surface area contributed by atoms with Gasteiger partial charge in [0.05, 0.1) is 17.0 Å². The largest absolute Gasteiger partial charge is 0.490 e. The molecule has 5 nitrogen and oxygen atoms in total. The Morgan fingerprint density at radius 2 is 1.77 bits per heavy atom. The molecule has 31 heavy (non-hydrogen) atoms. The number of para-hydroxylation sites is 2. The van der Waals surface area contributed by atoms with Crippen molar-refractivity contribution in [1.29, 1.82) is 0 Å². The molecule has 0 spiro atoms. The highest BCUT2D eigenvalue weighted by Crippen LogP contribution is 2.31. The molecule has 0 saturated carbocycles. The van der Waals surface area contributed by atoms with E-state index < -0.39 is 5.82 Å². The van der Waals surface area contributed by atoms with Crippen LogP contribution in [-0.2, 0) is 6.61 Å². The molecule has 0 N–H and O–H groups in total. The van der Waals surface area contributed by atoms with Crippen molar-refractivity contribution in [3.8, 4) is 23.0 Å². The van der Waals surface area contributed by atoms with Crippen LogP contribution < -0.4 is 19.6 Å². The first-order chi connectivity index (χ1) is 15.1. The molecule has 4 rings (SSSR count). The number of halogens is 2. The van der Waals surface area contributed by atoms with Crippen molar-refractivity contribution in [2.45, 2.75) is 13.5 Å². The maximum absolute atomic E-state index is 13.9. The third-order valence-corrected chi connectivity index (χ3v) is 4.88. The zero-order valence-corrected chi connectivity index (χ0v) is 17.3. The lowest BCUT2D eigenvalue weighted by Crippen LogP contribution is -2.06. The Kier molecular flexibility index (Phi) is 6.09. The van der Waals surface area contributed by atoms with Crippen LogP contribution in [0.15, 0.2) is 76.1 Å². The number of benzene rings is 3. The van der Waals surface area contributed by atoms with E-state index in [0.29, 0.717) is 34.8 Å². The van der Waals surface area contributed by atoms with E-state index in [1.54, 1.807) is 42.5 Å². The second-order valence-corrected chi connectivity index (χ2v) is 6.96. The Hall–Kier alpha value is -3.51. The first-order valence-electron chi connectivity index (χ1n) is 9.57. The molecule has 0 amide bonds. The van der Waals surface area contributed by atoms with Crippen molar-refractivity contribution in [2.75, 3.05) is 6.61 Å². The van der Waals surface area contributed by atoms with Gasteiger partial charge in [-0.25, -0.2) is 4.39 Å². The van der Waals surface area contributed by atoms with E-state index in [1.807, 2.05) is 13.0 Å². The number of fused-ring (bicyclic) bond motifs is 1. The Bertz CT molecular complexity index is 1260. The molecule has 4 aromatic rings. The molecule has 3 aromatic carbocycles. The summed E-state index contributed by atoms with van der Waals surface area (Å²) in [5, 5.41) is 0.601. The zero-order chi connectivity index (χ0) is 21.8. The Balaban J connectivity index is 1.58. The van der Waals surface area contributed by atoms with Crippen LogP contribution in [0.25, 0.3) is 11.0 Å². The lowest BCUT2D eigenvalue weighted by Gasteiger charge is -2.11. The highest BCUT2D eigenvalue weighted by molar-refractivity contribution is 6.31. The van der Waals surface area contributed by atoms with Crippen molar-refractivity contribution in [3.05, 3.63) is 93.6 Å². The summed E-state index contributed by atoms with van der Waals surface area (Å²) in [7, 11) is 0. The normalized spacial score (nSPS) is 10.8. The van der Waals surface area contributed by atoms with Crippen LogP contribution in [0.5, 0.6) is 23.0 Å². The molecular formula is C24H18ClFO5. The Labute approximate surface area is 182 Å². The van der Waals surface area contributed by atoms with Gasteiger partial charge in [-0.3, -0.25) is 4.79 Å². The monoisotopic (exact) mass is 440 g/mol. The van der Waals surface area contributed by atoms with Crippen molar-refractivity contribution in [3.63, 3.8) is 0 Å². The predicted octanol–water partition coefficient (Wildman–Crippen LogP) is 6.36. The summed E-state index contributed by atoms with van der Waals surface area (Å²) in [5.74, 6) is 0.934. The third kappa shape index (κ3) is 4.49. The van der Waals surface area contributed by atoms with Gasteiger partial charge in [0.2, 0.25) is 11.2 Å². The molecule has 0 aliphatic carbocycles. The second-order valence-electron chi connectivity index (χ2n) is 6.56. The number of rotatable bonds is 7. The van der Waals surface area contributed by atoms with Crippen LogP contribution in [0.4, 0.5) is 4.39 Å². The predicted molar refractivity (Wildman–Crippen MR) is 116 cm³/mol. The van der Waals surface area contributed by atoms with Gasteiger partial charge >= 0.3 is 0 Å². The summed E-state index contributed by atoms with van der Waals surface area (Å²) in [5.41, 5.74) is 0.228.